The van der Waals surface area contributed by atoms with E-state index < -0.39 is 0 Å². The first-order valence-corrected chi connectivity index (χ1v) is 8.82. The summed E-state index contributed by atoms with van der Waals surface area (Å²) < 4.78 is 1.90. The number of imidazole rings is 1. The highest BCUT2D eigenvalue weighted by Crippen LogP contribution is 2.30. The summed E-state index contributed by atoms with van der Waals surface area (Å²) in [5.41, 5.74) is 3.82. The van der Waals surface area contributed by atoms with Crippen LogP contribution in [-0.2, 0) is 13.6 Å². The van der Waals surface area contributed by atoms with Crippen LogP contribution < -0.4 is 5.32 Å². The zero-order valence-corrected chi connectivity index (χ0v) is 15.3. The lowest BCUT2D eigenvalue weighted by Crippen LogP contribution is -2.24. The van der Waals surface area contributed by atoms with E-state index in [0.717, 1.165) is 33.4 Å². The molecule has 5 heteroatoms. The molecular weight excluding hydrogens is 336 g/mol. The van der Waals surface area contributed by atoms with E-state index in [9.17, 15) is 4.79 Å². The Morgan fingerprint density at radius 1 is 1.04 bits per heavy atom. The molecule has 0 radical (unpaired) electrons. The minimum absolute atomic E-state index is 0.105. The van der Waals surface area contributed by atoms with Gasteiger partial charge in [-0.15, -0.1) is 0 Å². The highest BCUT2D eigenvalue weighted by molar-refractivity contribution is 6.10. The zero-order chi connectivity index (χ0) is 18.8. The molecule has 0 spiro atoms. The maximum absolute atomic E-state index is 12.8. The summed E-state index contributed by atoms with van der Waals surface area (Å²) in [6.07, 6.45) is 5.40. The van der Waals surface area contributed by atoms with E-state index in [2.05, 4.69) is 33.5 Å². The van der Waals surface area contributed by atoms with Gasteiger partial charge in [-0.05, 0) is 47.0 Å². The summed E-state index contributed by atoms with van der Waals surface area (Å²) in [4.78, 5) is 21.3. The van der Waals surface area contributed by atoms with E-state index in [0.29, 0.717) is 12.1 Å². The van der Waals surface area contributed by atoms with Crippen LogP contribution >= 0.6 is 0 Å². The summed E-state index contributed by atoms with van der Waals surface area (Å²) in [7, 11) is 1.91. The molecule has 134 valence electrons. The Balaban J connectivity index is 1.71. The molecule has 0 aliphatic rings. The van der Waals surface area contributed by atoms with Crippen LogP contribution in [0.15, 0.2) is 67.1 Å². The van der Waals surface area contributed by atoms with Gasteiger partial charge in [0, 0.05) is 36.9 Å². The SMILES string of the molecule is Cc1cc(-c2cccc3c(C(=O)NCc4nccn4C)cccc23)ccn1. The van der Waals surface area contributed by atoms with Gasteiger partial charge in [0.1, 0.15) is 5.82 Å². The quantitative estimate of drug-likeness (QED) is 0.604. The van der Waals surface area contributed by atoms with Crippen LogP contribution in [0.1, 0.15) is 21.9 Å². The molecule has 0 fully saturated rings. The van der Waals surface area contributed by atoms with Crippen LogP contribution in [0, 0.1) is 6.92 Å². The van der Waals surface area contributed by atoms with Gasteiger partial charge in [-0.25, -0.2) is 4.98 Å². The number of hydrogen-bond donors (Lipinski definition) is 1. The Morgan fingerprint density at radius 2 is 1.85 bits per heavy atom. The van der Waals surface area contributed by atoms with Gasteiger partial charge in [-0.1, -0.05) is 30.3 Å². The number of fused-ring (bicyclic) bond motifs is 1. The molecule has 4 aromatic rings. The van der Waals surface area contributed by atoms with Crippen molar-refractivity contribution in [2.75, 3.05) is 0 Å². The van der Waals surface area contributed by atoms with Crippen LogP contribution in [0.2, 0.25) is 0 Å². The van der Waals surface area contributed by atoms with Crippen molar-refractivity contribution >= 4 is 16.7 Å². The molecule has 2 aromatic heterocycles. The molecule has 1 N–H and O–H groups in total. The molecule has 0 unspecified atom stereocenters. The van der Waals surface area contributed by atoms with Gasteiger partial charge in [-0.3, -0.25) is 9.78 Å². The Labute approximate surface area is 157 Å². The van der Waals surface area contributed by atoms with Crippen LogP contribution in [-0.4, -0.2) is 20.4 Å². The molecule has 0 atom stereocenters. The zero-order valence-electron chi connectivity index (χ0n) is 15.3. The van der Waals surface area contributed by atoms with Gasteiger partial charge in [0.2, 0.25) is 0 Å². The number of hydrogen-bond acceptors (Lipinski definition) is 3. The predicted octanol–water partition coefficient (Wildman–Crippen LogP) is 3.87. The van der Waals surface area contributed by atoms with E-state index in [1.807, 2.05) is 61.3 Å². The van der Waals surface area contributed by atoms with Crippen molar-refractivity contribution in [3.05, 3.63) is 84.2 Å². The summed E-state index contributed by atoms with van der Waals surface area (Å²) >= 11 is 0. The molecule has 2 aromatic carbocycles. The number of rotatable bonds is 4. The first kappa shape index (κ1) is 17.0. The normalized spacial score (nSPS) is 10.9. The van der Waals surface area contributed by atoms with Crippen molar-refractivity contribution in [1.82, 2.24) is 19.9 Å². The standard InChI is InChI=1S/C22H20N4O/c1-15-13-16(9-10-23-15)17-5-3-7-19-18(17)6-4-8-20(19)22(27)25-14-21-24-11-12-26(21)2/h3-13H,14H2,1-2H3,(H,25,27). The summed E-state index contributed by atoms with van der Waals surface area (Å²) in [5.74, 6) is 0.711. The third-order valence-corrected chi connectivity index (χ3v) is 4.70. The first-order chi connectivity index (χ1) is 13.1. The molecule has 4 rings (SSSR count). The largest absolute Gasteiger partial charge is 0.345 e. The van der Waals surface area contributed by atoms with Crippen molar-refractivity contribution in [3.63, 3.8) is 0 Å². The number of aromatic nitrogens is 3. The lowest BCUT2D eigenvalue weighted by atomic mass is 9.95. The first-order valence-electron chi connectivity index (χ1n) is 8.82. The Hall–Kier alpha value is -3.47. The van der Waals surface area contributed by atoms with Gasteiger partial charge < -0.3 is 9.88 Å². The van der Waals surface area contributed by atoms with E-state index in [1.54, 1.807) is 6.20 Å². The van der Waals surface area contributed by atoms with E-state index >= 15 is 0 Å². The van der Waals surface area contributed by atoms with Crippen molar-refractivity contribution in [2.45, 2.75) is 13.5 Å². The summed E-state index contributed by atoms with van der Waals surface area (Å²) in [5, 5.41) is 4.95. The number of pyridine rings is 1. The van der Waals surface area contributed by atoms with E-state index in [-0.39, 0.29) is 5.91 Å². The third kappa shape index (κ3) is 3.31. The molecule has 0 bridgehead atoms. The minimum atomic E-state index is -0.105. The van der Waals surface area contributed by atoms with Gasteiger partial charge in [0.15, 0.2) is 0 Å². The summed E-state index contributed by atoms with van der Waals surface area (Å²) in [6.45, 7) is 2.37. The van der Waals surface area contributed by atoms with Gasteiger partial charge in [-0.2, -0.15) is 0 Å². The van der Waals surface area contributed by atoms with Crippen LogP contribution in [0.5, 0.6) is 0 Å². The molecule has 5 nitrogen and oxygen atoms in total. The number of carbonyl (C=O) groups is 1. The Morgan fingerprint density at radius 3 is 2.63 bits per heavy atom. The maximum atomic E-state index is 12.8. The molecular formula is C22H20N4O. The van der Waals surface area contributed by atoms with Crippen LogP contribution in [0.4, 0.5) is 0 Å². The average molecular weight is 356 g/mol. The molecule has 2 heterocycles. The lowest BCUT2D eigenvalue weighted by molar-refractivity contribution is 0.0951. The molecule has 0 saturated carbocycles. The van der Waals surface area contributed by atoms with Crippen molar-refractivity contribution in [3.8, 4) is 11.1 Å². The number of aryl methyl sites for hydroxylation is 2. The van der Waals surface area contributed by atoms with Crippen molar-refractivity contribution < 1.29 is 4.79 Å². The molecule has 0 aliphatic carbocycles. The van der Waals surface area contributed by atoms with Crippen LogP contribution in [0.25, 0.3) is 21.9 Å². The smallest absolute Gasteiger partial charge is 0.252 e. The topological polar surface area (TPSA) is 59.8 Å². The fourth-order valence-corrected chi connectivity index (χ4v) is 3.29. The third-order valence-electron chi connectivity index (χ3n) is 4.70. The van der Waals surface area contributed by atoms with Gasteiger partial charge >= 0.3 is 0 Å². The number of amides is 1. The number of nitrogens with zero attached hydrogens (tertiary/aromatic N) is 3. The van der Waals surface area contributed by atoms with E-state index in [1.165, 1.54) is 0 Å². The highest BCUT2D eigenvalue weighted by atomic mass is 16.1. The van der Waals surface area contributed by atoms with Gasteiger partial charge in [0.25, 0.3) is 5.91 Å². The van der Waals surface area contributed by atoms with Gasteiger partial charge in [0.05, 0.1) is 6.54 Å². The lowest BCUT2D eigenvalue weighted by Gasteiger charge is -2.11. The van der Waals surface area contributed by atoms with Crippen molar-refractivity contribution in [1.29, 1.82) is 0 Å². The van der Waals surface area contributed by atoms with Crippen LogP contribution in [0.3, 0.4) is 0 Å². The van der Waals surface area contributed by atoms with Crippen molar-refractivity contribution in [2.24, 2.45) is 7.05 Å². The molecule has 0 aliphatic heterocycles. The maximum Gasteiger partial charge on any atom is 0.252 e. The van der Waals surface area contributed by atoms with E-state index in [4.69, 9.17) is 0 Å². The average Bonchev–Trinajstić information content (AvgIpc) is 3.10. The second-order valence-electron chi connectivity index (χ2n) is 6.53. The number of nitrogens with one attached hydrogen (secondary N) is 1. The second kappa shape index (κ2) is 7.03. The monoisotopic (exact) mass is 356 g/mol. The summed E-state index contributed by atoms with van der Waals surface area (Å²) in [6, 6.07) is 15.9. The predicted molar refractivity (Wildman–Crippen MR) is 106 cm³/mol. The molecule has 27 heavy (non-hydrogen) atoms. The Bertz CT molecular complexity index is 1130. The fraction of sp³-hybridized carbons (Fsp3) is 0.136. The second-order valence-corrected chi connectivity index (χ2v) is 6.53. The Kier molecular flexibility index (Phi) is 4.42. The number of carbonyl (C=O) groups excluding carboxylic acids is 1. The minimum Gasteiger partial charge on any atom is -0.345 e. The molecule has 1 amide bonds. The fourth-order valence-electron chi connectivity index (χ4n) is 3.29. The highest BCUT2D eigenvalue weighted by Gasteiger charge is 2.13. The molecule has 0 saturated heterocycles. The number of benzene rings is 2.